The Morgan fingerprint density at radius 1 is 1.15 bits per heavy atom. The number of piperidine rings is 1. The summed E-state index contributed by atoms with van der Waals surface area (Å²) in [5, 5.41) is 0. The zero-order valence-electron chi connectivity index (χ0n) is 15.8. The second-order valence-corrected chi connectivity index (χ2v) is 8.13. The van der Waals surface area contributed by atoms with E-state index < -0.39 is 0 Å². The lowest BCUT2D eigenvalue weighted by Gasteiger charge is -2.45. The summed E-state index contributed by atoms with van der Waals surface area (Å²) >= 11 is 0. The van der Waals surface area contributed by atoms with Gasteiger partial charge < -0.3 is 9.88 Å². The van der Waals surface area contributed by atoms with Crippen molar-refractivity contribution in [2.24, 2.45) is 0 Å². The number of aryl methyl sites for hydroxylation is 1. The molecular weight excluding hydrogens is 324 g/mol. The van der Waals surface area contributed by atoms with Crippen molar-refractivity contribution in [3.05, 3.63) is 30.1 Å². The van der Waals surface area contributed by atoms with Crippen molar-refractivity contribution in [1.82, 2.24) is 19.8 Å². The van der Waals surface area contributed by atoms with Crippen LogP contribution < -0.4 is 0 Å². The minimum absolute atomic E-state index is 0.307. The van der Waals surface area contributed by atoms with E-state index in [0.717, 1.165) is 55.6 Å². The van der Waals surface area contributed by atoms with Crippen LogP contribution in [0, 0.1) is 0 Å². The summed E-state index contributed by atoms with van der Waals surface area (Å²) in [7, 11) is 0. The molecule has 1 aromatic heterocycles. The fourth-order valence-corrected chi connectivity index (χ4v) is 4.50. The third kappa shape index (κ3) is 3.63. The molecule has 0 bridgehead atoms. The number of hydrogen-bond acceptors (Lipinski definition) is 3. The van der Waals surface area contributed by atoms with Gasteiger partial charge in [0.25, 0.3) is 0 Å². The number of para-hydroxylation sites is 2. The van der Waals surface area contributed by atoms with Crippen LogP contribution in [0.3, 0.4) is 0 Å². The standard InChI is InChI=1S/C21H30N4O/c1-21(25-13-4-5-14-25)11-15-24(16-12-21)20(26)10-6-9-19-22-17-7-2-3-8-18(17)23-19/h2-3,7-8H,4-6,9-16H2,1H3,(H,22,23). The number of H-pyrrole nitrogens is 1. The number of hydrogen-bond donors (Lipinski definition) is 1. The highest BCUT2D eigenvalue weighted by Crippen LogP contribution is 2.31. The topological polar surface area (TPSA) is 52.2 Å². The van der Waals surface area contributed by atoms with Gasteiger partial charge in [0.15, 0.2) is 0 Å². The maximum atomic E-state index is 12.6. The Balaban J connectivity index is 1.24. The fraction of sp³-hybridized carbons (Fsp3) is 0.619. The lowest BCUT2D eigenvalue weighted by atomic mass is 9.87. The van der Waals surface area contributed by atoms with Crippen molar-refractivity contribution < 1.29 is 4.79 Å². The van der Waals surface area contributed by atoms with Crippen LogP contribution in [0.25, 0.3) is 11.0 Å². The van der Waals surface area contributed by atoms with Crippen molar-refractivity contribution in [2.75, 3.05) is 26.2 Å². The van der Waals surface area contributed by atoms with E-state index in [1.54, 1.807) is 0 Å². The van der Waals surface area contributed by atoms with Crippen molar-refractivity contribution in [2.45, 2.75) is 57.4 Å². The van der Waals surface area contributed by atoms with Gasteiger partial charge in [-0.2, -0.15) is 0 Å². The molecule has 0 radical (unpaired) electrons. The first-order valence-electron chi connectivity index (χ1n) is 10.1. The van der Waals surface area contributed by atoms with E-state index >= 15 is 0 Å². The van der Waals surface area contributed by atoms with Crippen molar-refractivity contribution in [3.8, 4) is 0 Å². The van der Waals surface area contributed by atoms with Gasteiger partial charge in [0.2, 0.25) is 5.91 Å². The number of aromatic nitrogens is 2. The van der Waals surface area contributed by atoms with Crippen molar-refractivity contribution in [1.29, 1.82) is 0 Å². The van der Waals surface area contributed by atoms with Gasteiger partial charge in [-0.3, -0.25) is 9.69 Å². The highest BCUT2D eigenvalue weighted by Gasteiger charge is 2.37. The minimum Gasteiger partial charge on any atom is -0.343 e. The molecule has 0 atom stereocenters. The number of nitrogens with one attached hydrogen (secondary N) is 1. The van der Waals surface area contributed by atoms with E-state index in [4.69, 9.17) is 0 Å². The van der Waals surface area contributed by atoms with Crippen LogP contribution in [0.2, 0.25) is 0 Å². The molecule has 26 heavy (non-hydrogen) atoms. The largest absolute Gasteiger partial charge is 0.343 e. The van der Waals surface area contributed by atoms with Crippen LogP contribution in [0.4, 0.5) is 0 Å². The highest BCUT2D eigenvalue weighted by atomic mass is 16.2. The summed E-state index contributed by atoms with van der Waals surface area (Å²) in [6.07, 6.45) is 7.21. The molecule has 2 aliphatic heterocycles. The second-order valence-electron chi connectivity index (χ2n) is 8.13. The molecule has 1 aromatic carbocycles. The summed E-state index contributed by atoms with van der Waals surface area (Å²) in [5.74, 6) is 1.30. The van der Waals surface area contributed by atoms with Crippen molar-refractivity contribution >= 4 is 16.9 Å². The van der Waals surface area contributed by atoms with Crippen molar-refractivity contribution in [3.63, 3.8) is 0 Å². The zero-order chi connectivity index (χ0) is 18.0. The predicted molar refractivity (Wildman–Crippen MR) is 104 cm³/mol. The molecule has 5 heteroatoms. The van der Waals surface area contributed by atoms with Crippen LogP contribution in [0.1, 0.15) is 51.3 Å². The smallest absolute Gasteiger partial charge is 0.222 e. The molecule has 4 rings (SSSR count). The Labute approximate surface area is 155 Å². The number of fused-ring (bicyclic) bond motifs is 1. The highest BCUT2D eigenvalue weighted by molar-refractivity contribution is 5.76. The summed E-state index contributed by atoms with van der Waals surface area (Å²) in [4.78, 5) is 25.3. The van der Waals surface area contributed by atoms with E-state index in [-0.39, 0.29) is 0 Å². The van der Waals surface area contributed by atoms with Gasteiger partial charge in [-0.15, -0.1) is 0 Å². The normalized spacial score (nSPS) is 20.7. The van der Waals surface area contributed by atoms with E-state index in [1.807, 2.05) is 24.3 Å². The number of carbonyl (C=O) groups is 1. The first kappa shape index (κ1) is 17.5. The van der Waals surface area contributed by atoms with Gasteiger partial charge in [-0.05, 0) is 64.3 Å². The van der Waals surface area contributed by atoms with E-state index in [0.29, 0.717) is 17.9 Å². The molecule has 0 saturated carbocycles. The zero-order valence-corrected chi connectivity index (χ0v) is 15.8. The predicted octanol–water partition coefficient (Wildman–Crippen LogP) is 3.36. The van der Waals surface area contributed by atoms with Crippen LogP contribution >= 0.6 is 0 Å². The number of imidazole rings is 1. The number of nitrogens with zero attached hydrogens (tertiary/aromatic N) is 3. The van der Waals surface area contributed by atoms with Gasteiger partial charge in [0, 0.05) is 31.5 Å². The van der Waals surface area contributed by atoms with Crippen LogP contribution in [-0.2, 0) is 11.2 Å². The molecule has 1 N–H and O–H groups in total. The summed E-state index contributed by atoms with van der Waals surface area (Å²) in [5.41, 5.74) is 2.39. The molecule has 2 aromatic rings. The minimum atomic E-state index is 0.307. The third-order valence-corrected chi connectivity index (χ3v) is 6.31. The molecular formula is C21H30N4O. The summed E-state index contributed by atoms with van der Waals surface area (Å²) in [6.45, 7) is 6.69. The third-order valence-electron chi connectivity index (χ3n) is 6.31. The van der Waals surface area contributed by atoms with Gasteiger partial charge >= 0.3 is 0 Å². The Bertz CT molecular complexity index is 721. The second kappa shape index (κ2) is 7.39. The number of benzene rings is 1. The summed E-state index contributed by atoms with van der Waals surface area (Å²) < 4.78 is 0. The monoisotopic (exact) mass is 354 g/mol. The van der Waals surface area contributed by atoms with E-state index in [9.17, 15) is 4.79 Å². The quantitative estimate of drug-likeness (QED) is 0.896. The van der Waals surface area contributed by atoms with Crippen LogP contribution in [-0.4, -0.2) is 57.4 Å². The number of rotatable bonds is 5. The maximum absolute atomic E-state index is 12.6. The molecule has 0 unspecified atom stereocenters. The molecule has 2 aliphatic rings. The first-order valence-corrected chi connectivity index (χ1v) is 10.1. The Morgan fingerprint density at radius 2 is 1.88 bits per heavy atom. The number of aromatic amines is 1. The average molecular weight is 354 g/mol. The Morgan fingerprint density at radius 3 is 2.62 bits per heavy atom. The molecule has 140 valence electrons. The number of carbonyl (C=O) groups excluding carboxylic acids is 1. The molecule has 2 saturated heterocycles. The lowest BCUT2D eigenvalue weighted by molar-refractivity contribution is -0.133. The molecule has 1 amide bonds. The molecule has 2 fully saturated rings. The van der Waals surface area contributed by atoms with Gasteiger partial charge in [-0.1, -0.05) is 12.1 Å². The fourth-order valence-electron chi connectivity index (χ4n) is 4.50. The van der Waals surface area contributed by atoms with E-state index in [2.05, 4.69) is 26.7 Å². The molecule has 0 aliphatic carbocycles. The summed E-state index contributed by atoms with van der Waals surface area (Å²) in [6, 6.07) is 8.08. The Kier molecular flexibility index (Phi) is 4.98. The molecule has 5 nitrogen and oxygen atoms in total. The lowest BCUT2D eigenvalue weighted by Crippen LogP contribution is -2.53. The number of likely N-dealkylation sites (tertiary alicyclic amines) is 2. The first-order chi connectivity index (χ1) is 12.6. The molecule has 0 spiro atoms. The maximum Gasteiger partial charge on any atom is 0.222 e. The SMILES string of the molecule is CC1(N2CCCC2)CCN(C(=O)CCCc2nc3ccccc3[nH]2)CC1. The van der Waals surface area contributed by atoms with Crippen LogP contribution in [0.5, 0.6) is 0 Å². The van der Waals surface area contributed by atoms with Crippen LogP contribution in [0.15, 0.2) is 24.3 Å². The van der Waals surface area contributed by atoms with Gasteiger partial charge in [-0.25, -0.2) is 4.98 Å². The Hall–Kier alpha value is -1.88. The molecule has 3 heterocycles. The van der Waals surface area contributed by atoms with E-state index in [1.165, 1.54) is 25.9 Å². The van der Waals surface area contributed by atoms with Gasteiger partial charge in [0.1, 0.15) is 5.82 Å². The average Bonchev–Trinajstić information content (AvgIpc) is 3.32. The van der Waals surface area contributed by atoms with Gasteiger partial charge in [0.05, 0.1) is 11.0 Å². The number of amides is 1.